The molecule has 0 radical (unpaired) electrons. The lowest BCUT2D eigenvalue weighted by Gasteiger charge is -2.20. The van der Waals surface area contributed by atoms with Crippen molar-refractivity contribution in [2.75, 3.05) is 44.3 Å². The number of hydrogen-bond donors (Lipinski definition) is 2. The molecule has 20 heavy (non-hydrogen) atoms. The molecule has 0 heterocycles. The summed E-state index contributed by atoms with van der Waals surface area (Å²) < 4.78 is 4.71. The van der Waals surface area contributed by atoms with Crippen LogP contribution in [0.5, 0.6) is 0 Å². The highest BCUT2D eigenvalue weighted by molar-refractivity contribution is 5.98. The average molecular weight is 279 g/mol. The largest absolute Gasteiger partial charge is 0.465 e. The fourth-order valence-corrected chi connectivity index (χ4v) is 2.10. The molecule has 0 aromatic heterocycles. The van der Waals surface area contributed by atoms with Crippen LogP contribution in [0.15, 0.2) is 18.2 Å². The number of carbonyl (C=O) groups excluding carboxylic acids is 1. The van der Waals surface area contributed by atoms with Crippen LogP contribution >= 0.6 is 0 Å². The minimum Gasteiger partial charge on any atom is -0.465 e. The van der Waals surface area contributed by atoms with Crippen molar-refractivity contribution in [1.29, 1.82) is 0 Å². The number of likely N-dealkylation sites (N-methyl/N-ethyl adjacent to an activating group) is 1. The van der Waals surface area contributed by atoms with Gasteiger partial charge in [-0.05, 0) is 31.6 Å². The summed E-state index contributed by atoms with van der Waals surface area (Å²) in [6.07, 6.45) is 1.15. The molecule has 0 spiro atoms. The number of para-hydroxylation sites is 1. The van der Waals surface area contributed by atoms with Gasteiger partial charge in [-0.1, -0.05) is 19.9 Å². The monoisotopic (exact) mass is 279 g/mol. The molecule has 3 N–H and O–H groups in total. The maximum atomic E-state index is 11.6. The number of hydrogen-bond acceptors (Lipinski definition) is 5. The van der Waals surface area contributed by atoms with Crippen molar-refractivity contribution in [2.24, 2.45) is 0 Å². The lowest BCUT2D eigenvalue weighted by atomic mass is 10.1. The van der Waals surface area contributed by atoms with Crippen molar-refractivity contribution >= 4 is 17.3 Å². The Hall–Kier alpha value is -1.75. The van der Waals surface area contributed by atoms with E-state index in [1.807, 2.05) is 6.07 Å². The van der Waals surface area contributed by atoms with Crippen molar-refractivity contribution in [1.82, 2.24) is 4.90 Å². The van der Waals surface area contributed by atoms with E-state index in [-0.39, 0.29) is 0 Å². The first-order valence-corrected chi connectivity index (χ1v) is 7.07. The number of nitrogen functional groups attached to an aromatic ring is 1. The van der Waals surface area contributed by atoms with Gasteiger partial charge in [0.05, 0.1) is 24.0 Å². The summed E-state index contributed by atoms with van der Waals surface area (Å²) >= 11 is 0. The molecular formula is C15H25N3O2. The van der Waals surface area contributed by atoms with E-state index in [1.54, 1.807) is 12.1 Å². The van der Waals surface area contributed by atoms with Gasteiger partial charge < -0.3 is 20.7 Å². The Morgan fingerprint density at radius 1 is 1.35 bits per heavy atom. The van der Waals surface area contributed by atoms with Crippen LogP contribution in [0.25, 0.3) is 0 Å². The van der Waals surface area contributed by atoms with Gasteiger partial charge in [-0.2, -0.15) is 0 Å². The first-order valence-electron chi connectivity index (χ1n) is 7.07. The van der Waals surface area contributed by atoms with Crippen molar-refractivity contribution in [3.8, 4) is 0 Å². The number of nitrogens with zero attached hydrogens (tertiary/aromatic N) is 1. The van der Waals surface area contributed by atoms with E-state index < -0.39 is 5.97 Å². The molecule has 1 rings (SSSR count). The number of nitrogens with two attached hydrogens (primary N) is 1. The zero-order chi connectivity index (χ0) is 15.0. The number of esters is 1. The standard InChI is InChI=1S/C15H25N3O2/c1-4-10-18(5-2)11-9-17-13-8-6-7-12(14(13)16)15(19)20-3/h6-8,17H,4-5,9-11,16H2,1-3H3. The minimum atomic E-state index is -0.410. The zero-order valence-electron chi connectivity index (χ0n) is 12.6. The number of methoxy groups -OCH3 is 1. The summed E-state index contributed by atoms with van der Waals surface area (Å²) in [5.41, 5.74) is 7.61. The molecule has 112 valence electrons. The molecule has 1 aromatic carbocycles. The van der Waals surface area contributed by atoms with Crippen LogP contribution < -0.4 is 11.1 Å². The molecule has 0 unspecified atom stereocenters. The van der Waals surface area contributed by atoms with E-state index >= 15 is 0 Å². The molecule has 5 nitrogen and oxygen atoms in total. The maximum absolute atomic E-state index is 11.6. The van der Waals surface area contributed by atoms with Crippen LogP contribution in [0.1, 0.15) is 30.6 Å². The van der Waals surface area contributed by atoms with Gasteiger partial charge in [0.2, 0.25) is 0 Å². The van der Waals surface area contributed by atoms with Gasteiger partial charge in [-0.15, -0.1) is 0 Å². The highest BCUT2D eigenvalue weighted by Crippen LogP contribution is 2.23. The smallest absolute Gasteiger partial charge is 0.340 e. The number of ether oxygens (including phenoxy) is 1. The van der Waals surface area contributed by atoms with Crippen molar-refractivity contribution < 1.29 is 9.53 Å². The van der Waals surface area contributed by atoms with Gasteiger partial charge in [0, 0.05) is 13.1 Å². The Kier molecular flexibility index (Phi) is 6.87. The lowest BCUT2D eigenvalue weighted by molar-refractivity contribution is 0.0602. The second-order valence-electron chi connectivity index (χ2n) is 4.62. The van der Waals surface area contributed by atoms with Gasteiger partial charge in [-0.3, -0.25) is 0 Å². The Labute approximate surface area is 121 Å². The summed E-state index contributed by atoms with van der Waals surface area (Å²) in [4.78, 5) is 13.9. The number of rotatable bonds is 8. The molecule has 5 heteroatoms. The van der Waals surface area contributed by atoms with Gasteiger partial charge in [0.25, 0.3) is 0 Å². The van der Waals surface area contributed by atoms with E-state index in [0.29, 0.717) is 11.3 Å². The van der Waals surface area contributed by atoms with E-state index in [0.717, 1.165) is 38.3 Å². The zero-order valence-corrected chi connectivity index (χ0v) is 12.6. The number of carbonyl (C=O) groups is 1. The summed E-state index contributed by atoms with van der Waals surface area (Å²) in [5.74, 6) is -0.410. The Bertz CT molecular complexity index is 435. The predicted octanol–water partition coefficient (Wildman–Crippen LogP) is 2.20. The second-order valence-corrected chi connectivity index (χ2v) is 4.62. The fraction of sp³-hybridized carbons (Fsp3) is 0.533. The minimum absolute atomic E-state index is 0.401. The van der Waals surface area contributed by atoms with Crippen LogP contribution in [0, 0.1) is 0 Å². The lowest BCUT2D eigenvalue weighted by Crippen LogP contribution is -2.29. The third-order valence-corrected chi connectivity index (χ3v) is 3.24. The van der Waals surface area contributed by atoms with Crippen molar-refractivity contribution in [3.63, 3.8) is 0 Å². The molecular weight excluding hydrogens is 254 g/mol. The van der Waals surface area contributed by atoms with E-state index in [1.165, 1.54) is 7.11 Å². The Morgan fingerprint density at radius 3 is 2.70 bits per heavy atom. The quantitative estimate of drug-likeness (QED) is 0.564. The topological polar surface area (TPSA) is 67.6 Å². The first kappa shape index (κ1) is 16.3. The first-order chi connectivity index (χ1) is 9.63. The predicted molar refractivity (Wildman–Crippen MR) is 83.1 cm³/mol. The third kappa shape index (κ3) is 4.42. The SMILES string of the molecule is CCCN(CC)CCNc1cccc(C(=O)OC)c1N. The molecule has 0 atom stereocenters. The summed E-state index contributed by atoms with van der Waals surface area (Å²) in [6.45, 7) is 8.20. The molecule has 1 aromatic rings. The van der Waals surface area contributed by atoms with Crippen molar-refractivity contribution in [2.45, 2.75) is 20.3 Å². The highest BCUT2D eigenvalue weighted by Gasteiger charge is 2.12. The van der Waals surface area contributed by atoms with E-state index in [2.05, 4.69) is 24.1 Å². The maximum Gasteiger partial charge on any atom is 0.340 e. The number of anilines is 2. The number of nitrogens with one attached hydrogen (secondary N) is 1. The molecule has 0 saturated heterocycles. The Balaban J connectivity index is 2.62. The van der Waals surface area contributed by atoms with Crippen LogP contribution in [0.2, 0.25) is 0 Å². The summed E-state index contributed by atoms with van der Waals surface area (Å²) in [7, 11) is 1.35. The second kappa shape index (κ2) is 8.43. The van der Waals surface area contributed by atoms with Crippen LogP contribution in [-0.2, 0) is 4.74 Å². The molecule has 0 bridgehead atoms. The van der Waals surface area contributed by atoms with Gasteiger partial charge in [-0.25, -0.2) is 4.79 Å². The van der Waals surface area contributed by atoms with Crippen molar-refractivity contribution in [3.05, 3.63) is 23.8 Å². The van der Waals surface area contributed by atoms with Crippen LogP contribution in [-0.4, -0.2) is 44.2 Å². The van der Waals surface area contributed by atoms with E-state index in [9.17, 15) is 4.79 Å². The third-order valence-electron chi connectivity index (χ3n) is 3.24. The molecule has 0 aliphatic carbocycles. The number of benzene rings is 1. The van der Waals surface area contributed by atoms with E-state index in [4.69, 9.17) is 10.5 Å². The van der Waals surface area contributed by atoms with Crippen LogP contribution in [0.3, 0.4) is 0 Å². The van der Waals surface area contributed by atoms with Gasteiger partial charge in [0.15, 0.2) is 0 Å². The average Bonchev–Trinajstić information content (AvgIpc) is 2.47. The molecule has 0 amide bonds. The summed E-state index contributed by atoms with van der Waals surface area (Å²) in [5, 5.41) is 3.28. The van der Waals surface area contributed by atoms with Crippen LogP contribution in [0.4, 0.5) is 11.4 Å². The van der Waals surface area contributed by atoms with Gasteiger partial charge in [0.1, 0.15) is 0 Å². The highest BCUT2D eigenvalue weighted by atomic mass is 16.5. The summed E-state index contributed by atoms with van der Waals surface area (Å²) in [6, 6.07) is 5.34. The Morgan fingerprint density at radius 2 is 2.10 bits per heavy atom. The molecule has 0 saturated carbocycles. The van der Waals surface area contributed by atoms with Gasteiger partial charge >= 0.3 is 5.97 Å². The molecule has 0 aliphatic heterocycles. The molecule has 0 fully saturated rings. The fourth-order valence-electron chi connectivity index (χ4n) is 2.10. The normalized spacial score (nSPS) is 10.6. The molecule has 0 aliphatic rings.